The van der Waals surface area contributed by atoms with Crippen LogP contribution in [0.25, 0.3) is 0 Å². The Morgan fingerprint density at radius 1 is 1.64 bits per heavy atom. The summed E-state index contributed by atoms with van der Waals surface area (Å²) in [6, 6.07) is 0.544. The monoisotopic (exact) mass is 214 g/mol. The van der Waals surface area contributed by atoms with E-state index >= 15 is 0 Å². The number of ether oxygens (including phenoxy) is 1. The first-order chi connectivity index (χ1) is 4.87. The van der Waals surface area contributed by atoms with Crippen LogP contribution in [0.5, 0.6) is 0 Å². The molecule has 0 aliphatic rings. The van der Waals surface area contributed by atoms with Gasteiger partial charge in [0.05, 0.1) is 13.0 Å². The first kappa shape index (κ1) is 11.3. The van der Waals surface area contributed by atoms with Crippen molar-refractivity contribution in [3.05, 3.63) is 0 Å². The average molecular weight is 215 g/mol. The summed E-state index contributed by atoms with van der Waals surface area (Å²) in [6.45, 7) is 1.40. The van der Waals surface area contributed by atoms with Gasteiger partial charge < -0.3 is 4.74 Å². The number of rotatable bonds is 3. The number of carbonyl (C=O) groups excluding carboxylic acids is 1. The van der Waals surface area contributed by atoms with Crippen molar-refractivity contribution in [1.29, 1.82) is 0 Å². The van der Waals surface area contributed by atoms with Gasteiger partial charge in [-0.1, -0.05) is 6.92 Å². The molecule has 0 radical (unpaired) electrons. The number of hydrogen-bond donors (Lipinski definition) is 0. The lowest BCUT2D eigenvalue weighted by molar-refractivity contribution is -0.144. The lowest BCUT2D eigenvalue weighted by Crippen LogP contribution is -2.23. The van der Waals surface area contributed by atoms with E-state index in [1.165, 1.54) is 7.11 Å². The van der Waals surface area contributed by atoms with E-state index < -0.39 is 6.69 Å². The third kappa shape index (κ3) is 5.53. The van der Waals surface area contributed by atoms with Crippen LogP contribution in [0.15, 0.2) is 0 Å². The van der Waals surface area contributed by atoms with Gasteiger partial charge in [-0.25, -0.2) is 0 Å². The summed E-state index contributed by atoms with van der Waals surface area (Å²) in [5, 5.41) is 0. The number of methoxy groups -OCH3 is 1. The normalized spacial score (nSPS) is 14.3. The number of halogens is 2. The first-order valence-electron chi connectivity index (χ1n) is 3.32. The van der Waals surface area contributed by atoms with E-state index in [-0.39, 0.29) is 11.9 Å². The zero-order chi connectivity index (χ0) is 9.07. The standard InChI is InChI=1S/C6H12Cl2O2Si/c1-5(6(9)10-2)4-11(3,7)8/h5H,4H2,1-3H3. The van der Waals surface area contributed by atoms with Crippen LogP contribution < -0.4 is 0 Å². The smallest absolute Gasteiger partial charge is 0.308 e. The molecule has 0 aromatic heterocycles. The van der Waals surface area contributed by atoms with Crippen LogP contribution in [0.4, 0.5) is 0 Å². The second-order valence-corrected chi connectivity index (χ2v) is 10.8. The quantitative estimate of drug-likeness (QED) is 0.410. The van der Waals surface area contributed by atoms with E-state index in [0.717, 1.165) is 0 Å². The Morgan fingerprint density at radius 2 is 2.09 bits per heavy atom. The Bertz CT molecular complexity index is 144. The van der Waals surface area contributed by atoms with Crippen LogP contribution in [-0.2, 0) is 9.53 Å². The second kappa shape index (κ2) is 4.33. The number of hydrogen-bond acceptors (Lipinski definition) is 2. The molecule has 0 aromatic rings. The van der Waals surface area contributed by atoms with E-state index in [4.69, 9.17) is 22.2 Å². The highest BCUT2D eigenvalue weighted by molar-refractivity contribution is 7.44. The van der Waals surface area contributed by atoms with Crippen molar-refractivity contribution in [2.24, 2.45) is 5.92 Å². The van der Waals surface area contributed by atoms with Gasteiger partial charge in [-0.05, 0) is 12.6 Å². The third-order valence-corrected chi connectivity index (χ3v) is 3.52. The van der Waals surface area contributed by atoms with Gasteiger partial charge in [-0.2, -0.15) is 0 Å². The summed E-state index contributed by atoms with van der Waals surface area (Å²) in [7, 11) is 1.36. The van der Waals surface area contributed by atoms with Crippen molar-refractivity contribution >= 4 is 34.8 Å². The molecule has 0 bridgehead atoms. The molecule has 0 fully saturated rings. The van der Waals surface area contributed by atoms with Crippen LogP contribution in [0.2, 0.25) is 12.6 Å². The van der Waals surface area contributed by atoms with Crippen molar-refractivity contribution in [2.45, 2.75) is 19.5 Å². The molecular weight excluding hydrogens is 203 g/mol. The van der Waals surface area contributed by atoms with Crippen LogP contribution >= 0.6 is 22.2 Å². The first-order valence-corrected chi connectivity index (χ1v) is 8.05. The number of carbonyl (C=O) groups is 1. The van der Waals surface area contributed by atoms with Crippen molar-refractivity contribution < 1.29 is 9.53 Å². The molecule has 0 aromatic carbocycles. The predicted molar refractivity (Wildman–Crippen MR) is 49.3 cm³/mol. The maximum atomic E-state index is 10.9. The molecule has 2 nitrogen and oxygen atoms in total. The van der Waals surface area contributed by atoms with Gasteiger partial charge in [0, 0.05) is 0 Å². The molecule has 0 saturated heterocycles. The summed E-state index contributed by atoms with van der Waals surface area (Å²) < 4.78 is 4.52. The lowest BCUT2D eigenvalue weighted by Gasteiger charge is -2.14. The molecule has 0 aliphatic carbocycles. The van der Waals surface area contributed by atoms with Gasteiger partial charge in [0.2, 0.25) is 6.69 Å². The van der Waals surface area contributed by atoms with Gasteiger partial charge in [-0.15, -0.1) is 22.2 Å². The van der Waals surface area contributed by atoms with Gasteiger partial charge in [0.15, 0.2) is 0 Å². The topological polar surface area (TPSA) is 26.3 Å². The van der Waals surface area contributed by atoms with Crippen molar-refractivity contribution in [2.75, 3.05) is 7.11 Å². The van der Waals surface area contributed by atoms with Gasteiger partial charge in [0.1, 0.15) is 0 Å². The zero-order valence-corrected chi connectivity index (χ0v) is 9.37. The summed E-state index contributed by atoms with van der Waals surface area (Å²) in [5.41, 5.74) is 0. The van der Waals surface area contributed by atoms with Crippen molar-refractivity contribution in [3.8, 4) is 0 Å². The largest absolute Gasteiger partial charge is 0.469 e. The average Bonchev–Trinajstić information content (AvgIpc) is 1.82. The van der Waals surface area contributed by atoms with Crippen LogP contribution in [0, 0.1) is 5.92 Å². The SMILES string of the molecule is COC(=O)C(C)C[Si](C)(Cl)Cl. The van der Waals surface area contributed by atoms with Crippen molar-refractivity contribution in [3.63, 3.8) is 0 Å². The highest BCUT2D eigenvalue weighted by atomic mass is 35.7. The Kier molecular flexibility index (Phi) is 4.44. The third-order valence-electron chi connectivity index (χ3n) is 1.27. The molecule has 0 aliphatic heterocycles. The summed E-state index contributed by atoms with van der Waals surface area (Å²) in [6.07, 6.45) is 0. The zero-order valence-electron chi connectivity index (χ0n) is 6.86. The molecule has 0 spiro atoms. The second-order valence-electron chi connectivity index (χ2n) is 2.70. The fourth-order valence-electron chi connectivity index (χ4n) is 0.822. The fourth-order valence-corrected chi connectivity index (χ4v) is 3.45. The molecule has 5 heteroatoms. The Balaban J connectivity index is 3.87. The minimum Gasteiger partial charge on any atom is -0.469 e. The molecule has 0 heterocycles. The Labute approximate surface area is 77.2 Å². The molecule has 1 unspecified atom stereocenters. The molecule has 11 heavy (non-hydrogen) atoms. The van der Waals surface area contributed by atoms with Crippen molar-refractivity contribution in [1.82, 2.24) is 0 Å². The van der Waals surface area contributed by atoms with E-state index in [0.29, 0.717) is 6.04 Å². The van der Waals surface area contributed by atoms with E-state index in [1.54, 1.807) is 13.5 Å². The molecule has 0 rings (SSSR count). The summed E-state index contributed by atoms with van der Waals surface area (Å²) >= 11 is 11.7. The Hall–Kier alpha value is 0.267. The maximum absolute atomic E-state index is 10.9. The highest BCUT2D eigenvalue weighted by Crippen LogP contribution is 2.25. The Morgan fingerprint density at radius 3 is 2.36 bits per heavy atom. The van der Waals surface area contributed by atoms with Gasteiger partial charge in [0.25, 0.3) is 0 Å². The summed E-state index contributed by atoms with van der Waals surface area (Å²) in [5.74, 6) is -0.434. The van der Waals surface area contributed by atoms with E-state index in [1.807, 2.05) is 0 Å². The molecule has 0 amide bonds. The van der Waals surface area contributed by atoms with Crippen LogP contribution in [0.3, 0.4) is 0 Å². The molecule has 0 N–H and O–H groups in total. The lowest BCUT2D eigenvalue weighted by atomic mass is 10.2. The van der Waals surface area contributed by atoms with Crippen LogP contribution in [0.1, 0.15) is 6.92 Å². The minimum atomic E-state index is -2.16. The molecule has 66 valence electrons. The minimum absolute atomic E-state index is 0.188. The van der Waals surface area contributed by atoms with Crippen LogP contribution in [-0.4, -0.2) is 19.8 Å². The maximum Gasteiger partial charge on any atom is 0.308 e. The van der Waals surface area contributed by atoms with Gasteiger partial charge in [-0.3, -0.25) is 4.79 Å². The summed E-state index contributed by atoms with van der Waals surface area (Å²) in [4.78, 5) is 10.9. The van der Waals surface area contributed by atoms with Gasteiger partial charge >= 0.3 is 5.97 Å². The molecule has 1 atom stereocenters. The fraction of sp³-hybridized carbons (Fsp3) is 0.833. The molecule has 0 saturated carbocycles. The highest BCUT2D eigenvalue weighted by Gasteiger charge is 2.27. The molecular formula is C6H12Cl2O2Si. The van der Waals surface area contributed by atoms with E-state index in [2.05, 4.69) is 4.74 Å². The van der Waals surface area contributed by atoms with E-state index in [9.17, 15) is 4.79 Å². The predicted octanol–water partition coefficient (Wildman–Crippen LogP) is 2.35. The number of esters is 1.